The summed E-state index contributed by atoms with van der Waals surface area (Å²) in [6, 6.07) is -0.431. The zero-order valence-electron chi connectivity index (χ0n) is 13.5. The van der Waals surface area contributed by atoms with E-state index in [-0.39, 0.29) is 23.3 Å². The summed E-state index contributed by atoms with van der Waals surface area (Å²) in [5.41, 5.74) is -0.267. The molecule has 2 unspecified atom stereocenters. The Morgan fingerprint density at radius 3 is 2.67 bits per heavy atom. The van der Waals surface area contributed by atoms with Gasteiger partial charge in [-0.15, -0.1) is 0 Å². The van der Waals surface area contributed by atoms with E-state index in [1.807, 2.05) is 25.7 Å². The van der Waals surface area contributed by atoms with E-state index in [0.29, 0.717) is 19.5 Å². The first kappa shape index (κ1) is 16.3. The Morgan fingerprint density at radius 2 is 2.05 bits per heavy atom. The smallest absolute Gasteiger partial charge is 0.245 e. The largest absolute Gasteiger partial charge is 0.378 e. The predicted octanol–water partition coefficient (Wildman–Crippen LogP) is 1.71. The summed E-state index contributed by atoms with van der Waals surface area (Å²) in [6.07, 6.45) is 4.97. The van der Waals surface area contributed by atoms with Crippen molar-refractivity contribution in [3.8, 4) is 0 Å². The second-order valence-electron chi connectivity index (χ2n) is 7.22. The van der Waals surface area contributed by atoms with Crippen LogP contribution < -0.4 is 5.32 Å². The third-order valence-corrected chi connectivity index (χ3v) is 4.33. The van der Waals surface area contributed by atoms with Gasteiger partial charge in [0.1, 0.15) is 6.04 Å². The van der Waals surface area contributed by atoms with Crippen LogP contribution >= 0.6 is 0 Å². The van der Waals surface area contributed by atoms with Crippen LogP contribution in [0.5, 0.6) is 0 Å². The highest BCUT2D eigenvalue weighted by molar-refractivity contribution is 5.90. The number of carbonyl (C=O) groups excluding carboxylic acids is 2. The van der Waals surface area contributed by atoms with Gasteiger partial charge in [-0.2, -0.15) is 0 Å². The van der Waals surface area contributed by atoms with E-state index < -0.39 is 6.04 Å². The van der Waals surface area contributed by atoms with Gasteiger partial charge in [0.15, 0.2) is 0 Å². The molecule has 0 aliphatic carbocycles. The Balaban J connectivity index is 1.96. The van der Waals surface area contributed by atoms with Crippen molar-refractivity contribution in [2.24, 2.45) is 5.41 Å². The molecule has 0 aromatic heterocycles. The highest BCUT2D eigenvalue weighted by Crippen LogP contribution is 2.24. The number of rotatable bonds is 3. The molecule has 5 heteroatoms. The molecule has 0 bridgehead atoms. The minimum absolute atomic E-state index is 0.0281. The van der Waals surface area contributed by atoms with Crippen LogP contribution in [-0.2, 0) is 14.3 Å². The summed E-state index contributed by atoms with van der Waals surface area (Å²) in [5, 5.41) is 2.88. The maximum absolute atomic E-state index is 12.7. The first-order chi connectivity index (χ1) is 9.88. The lowest BCUT2D eigenvalue weighted by Gasteiger charge is -2.33. The fourth-order valence-corrected chi connectivity index (χ4v) is 2.97. The summed E-state index contributed by atoms with van der Waals surface area (Å²) >= 11 is 0. The molecule has 21 heavy (non-hydrogen) atoms. The van der Waals surface area contributed by atoms with Crippen molar-refractivity contribution in [1.29, 1.82) is 0 Å². The molecule has 0 radical (unpaired) electrons. The third kappa shape index (κ3) is 4.43. The van der Waals surface area contributed by atoms with E-state index in [1.54, 1.807) is 0 Å². The van der Waals surface area contributed by atoms with Gasteiger partial charge < -0.3 is 15.0 Å². The minimum Gasteiger partial charge on any atom is -0.378 e. The number of hydrogen-bond donors (Lipinski definition) is 1. The van der Waals surface area contributed by atoms with E-state index >= 15 is 0 Å². The Hall–Kier alpha value is -1.10. The van der Waals surface area contributed by atoms with E-state index in [0.717, 1.165) is 25.9 Å². The van der Waals surface area contributed by atoms with Gasteiger partial charge in [-0.3, -0.25) is 9.59 Å². The highest BCUT2D eigenvalue weighted by atomic mass is 16.5. The fourth-order valence-electron chi connectivity index (χ4n) is 2.97. The molecule has 5 nitrogen and oxygen atoms in total. The van der Waals surface area contributed by atoms with Gasteiger partial charge in [-0.05, 0) is 31.1 Å². The maximum atomic E-state index is 12.7. The van der Waals surface area contributed by atoms with E-state index in [9.17, 15) is 9.59 Å². The molecule has 2 atom stereocenters. The summed E-state index contributed by atoms with van der Waals surface area (Å²) in [7, 11) is 0. The maximum Gasteiger partial charge on any atom is 0.245 e. The summed E-state index contributed by atoms with van der Waals surface area (Å²) in [4.78, 5) is 26.3. The van der Waals surface area contributed by atoms with Crippen LogP contribution in [0.1, 0.15) is 52.9 Å². The Morgan fingerprint density at radius 1 is 1.29 bits per heavy atom. The first-order valence-electron chi connectivity index (χ1n) is 8.07. The monoisotopic (exact) mass is 296 g/mol. The lowest BCUT2D eigenvalue weighted by molar-refractivity contribution is -0.136. The summed E-state index contributed by atoms with van der Waals surface area (Å²) < 4.78 is 5.73. The molecule has 0 aromatic carbocycles. The second kappa shape index (κ2) is 6.77. The molecular weight excluding hydrogens is 268 g/mol. The van der Waals surface area contributed by atoms with E-state index in [1.165, 1.54) is 6.42 Å². The average Bonchev–Trinajstić information content (AvgIpc) is 2.57. The van der Waals surface area contributed by atoms with Gasteiger partial charge in [0, 0.05) is 26.1 Å². The van der Waals surface area contributed by atoms with Crippen LogP contribution in [-0.4, -0.2) is 48.6 Å². The molecule has 2 rings (SSSR count). The Kier molecular flexibility index (Phi) is 5.25. The van der Waals surface area contributed by atoms with Crippen molar-refractivity contribution in [3.05, 3.63) is 0 Å². The molecule has 2 aliphatic rings. The van der Waals surface area contributed by atoms with E-state index in [2.05, 4.69) is 5.32 Å². The van der Waals surface area contributed by atoms with Crippen LogP contribution in [0, 0.1) is 5.41 Å². The molecule has 2 amide bonds. The quantitative estimate of drug-likeness (QED) is 0.862. The second-order valence-corrected chi connectivity index (χ2v) is 7.22. The van der Waals surface area contributed by atoms with Crippen LogP contribution in [0.4, 0.5) is 0 Å². The molecule has 1 N–H and O–H groups in total. The SMILES string of the molecule is CC(C)(C)C1NC(=O)CCN(CCC2CCCCO2)C1=O. The normalized spacial score (nSPS) is 28.2. The Bertz CT molecular complexity index is 383. The zero-order valence-corrected chi connectivity index (χ0v) is 13.5. The number of hydrogen-bond acceptors (Lipinski definition) is 3. The van der Waals surface area contributed by atoms with Gasteiger partial charge in [0.2, 0.25) is 11.8 Å². The number of carbonyl (C=O) groups is 2. The van der Waals surface area contributed by atoms with Crippen LogP contribution in [0.25, 0.3) is 0 Å². The van der Waals surface area contributed by atoms with Gasteiger partial charge in [0.05, 0.1) is 6.10 Å². The minimum atomic E-state index is -0.431. The summed E-state index contributed by atoms with van der Waals surface area (Å²) in [5.74, 6) is 0.0175. The highest BCUT2D eigenvalue weighted by Gasteiger charge is 2.37. The van der Waals surface area contributed by atoms with Crippen LogP contribution in [0.2, 0.25) is 0 Å². The van der Waals surface area contributed by atoms with Gasteiger partial charge in [-0.1, -0.05) is 20.8 Å². The molecule has 0 aromatic rings. The van der Waals surface area contributed by atoms with Gasteiger partial charge in [-0.25, -0.2) is 0 Å². The molecule has 2 aliphatic heterocycles. The molecule has 0 spiro atoms. The third-order valence-electron chi connectivity index (χ3n) is 4.33. The standard InChI is InChI=1S/C16H28N2O3/c1-16(2,3)14-15(20)18(10-8-13(19)17-14)9-7-12-6-4-5-11-21-12/h12,14H,4-11H2,1-3H3,(H,17,19). The van der Waals surface area contributed by atoms with Crippen molar-refractivity contribution < 1.29 is 14.3 Å². The molecule has 2 saturated heterocycles. The number of nitrogens with one attached hydrogen (secondary N) is 1. The fraction of sp³-hybridized carbons (Fsp3) is 0.875. The van der Waals surface area contributed by atoms with Gasteiger partial charge >= 0.3 is 0 Å². The van der Waals surface area contributed by atoms with Crippen molar-refractivity contribution >= 4 is 11.8 Å². The van der Waals surface area contributed by atoms with Crippen LogP contribution in [0.3, 0.4) is 0 Å². The molecule has 2 heterocycles. The van der Waals surface area contributed by atoms with Crippen molar-refractivity contribution in [3.63, 3.8) is 0 Å². The zero-order chi connectivity index (χ0) is 15.5. The molecule has 0 saturated carbocycles. The van der Waals surface area contributed by atoms with Gasteiger partial charge in [0.25, 0.3) is 0 Å². The number of nitrogens with zero attached hydrogens (tertiary/aromatic N) is 1. The lowest BCUT2D eigenvalue weighted by Crippen LogP contribution is -2.52. The predicted molar refractivity (Wildman–Crippen MR) is 80.8 cm³/mol. The molecular formula is C16H28N2O3. The topological polar surface area (TPSA) is 58.6 Å². The summed E-state index contributed by atoms with van der Waals surface area (Å²) in [6.45, 7) is 8.01. The van der Waals surface area contributed by atoms with Crippen LogP contribution in [0.15, 0.2) is 0 Å². The first-order valence-corrected chi connectivity index (χ1v) is 8.07. The van der Waals surface area contributed by atoms with E-state index in [4.69, 9.17) is 4.74 Å². The number of amides is 2. The van der Waals surface area contributed by atoms with Crippen molar-refractivity contribution in [2.75, 3.05) is 19.7 Å². The van der Waals surface area contributed by atoms with Crippen molar-refractivity contribution in [1.82, 2.24) is 10.2 Å². The average molecular weight is 296 g/mol. The van der Waals surface area contributed by atoms with Crippen molar-refractivity contribution in [2.45, 2.75) is 65.0 Å². The lowest BCUT2D eigenvalue weighted by atomic mass is 9.86. The number of ether oxygens (including phenoxy) is 1. The Labute approximate surface area is 127 Å². The molecule has 2 fully saturated rings. The molecule has 120 valence electrons.